The normalized spacial score (nSPS) is 11.8. The van der Waals surface area contributed by atoms with E-state index >= 15 is 0 Å². The van der Waals surface area contributed by atoms with Crippen molar-refractivity contribution >= 4 is 34.1 Å². The van der Waals surface area contributed by atoms with E-state index in [4.69, 9.17) is 9.47 Å². The first-order chi connectivity index (χ1) is 18.6. The highest BCUT2D eigenvalue weighted by molar-refractivity contribution is 5.63. The van der Waals surface area contributed by atoms with Gasteiger partial charge in [0.25, 0.3) is 5.69 Å². The summed E-state index contributed by atoms with van der Waals surface area (Å²) >= 11 is 0. The Balaban J connectivity index is 1.75. The van der Waals surface area contributed by atoms with Crippen molar-refractivity contribution in [2.45, 2.75) is 39.9 Å². The van der Waals surface area contributed by atoms with Crippen molar-refractivity contribution in [3.63, 3.8) is 0 Å². The van der Waals surface area contributed by atoms with Crippen LogP contribution < -0.4 is 9.64 Å². The highest BCUT2D eigenvalue weighted by Crippen LogP contribution is 2.37. The number of anilines is 1. The summed E-state index contributed by atoms with van der Waals surface area (Å²) in [5.41, 5.74) is 3.23. The van der Waals surface area contributed by atoms with E-state index in [9.17, 15) is 15.2 Å². The van der Waals surface area contributed by atoms with Gasteiger partial charge < -0.3 is 19.5 Å². The maximum atomic E-state index is 10.8. The van der Waals surface area contributed by atoms with Gasteiger partial charge >= 0.3 is 0 Å². The van der Waals surface area contributed by atoms with Gasteiger partial charge in [-0.15, -0.1) is 5.11 Å². The number of aliphatic hydroxyl groups excluding tert-OH is 1. The molecular formula is C28H34N6O5. The zero-order chi connectivity index (χ0) is 28.4. The minimum Gasteiger partial charge on any atom is -0.494 e. The first-order valence-corrected chi connectivity index (χ1v) is 12.5. The Morgan fingerprint density at radius 2 is 1.51 bits per heavy atom. The molecular weight excluding hydrogens is 500 g/mol. The molecule has 0 bridgehead atoms. The Bertz CT molecular complexity index is 1300. The van der Waals surface area contributed by atoms with Crippen molar-refractivity contribution in [2.75, 3.05) is 31.7 Å². The molecule has 3 rings (SSSR count). The van der Waals surface area contributed by atoms with Crippen LogP contribution in [-0.4, -0.2) is 42.4 Å². The summed E-state index contributed by atoms with van der Waals surface area (Å²) in [7, 11) is 1.50. The summed E-state index contributed by atoms with van der Waals surface area (Å²) in [6.45, 7) is 10.2. The summed E-state index contributed by atoms with van der Waals surface area (Å²) in [5, 5.41) is 37.7. The molecule has 11 heteroatoms. The van der Waals surface area contributed by atoms with E-state index in [1.165, 1.54) is 31.4 Å². The number of hydrogen-bond acceptors (Lipinski definition) is 10. The summed E-state index contributed by atoms with van der Waals surface area (Å²) in [6.07, 6.45) is 0. The minimum absolute atomic E-state index is 0.0376. The van der Waals surface area contributed by atoms with Crippen molar-refractivity contribution in [3.05, 3.63) is 76.3 Å². The van der Waals surface area contributed by atoms with Crippen LogP contribution in [0.2, 0.25) is 0 Å². The van der Waals surface area contributed by atoms with Crippen LogP contribution in [0.25, 0.3) is 0 Å². The molecule has 39 heavy (non-hydrogen) atoms. The van der Waals surface area contributed by atoms with E-state index in [1.54, 1.807) is 12.1 Å². The number of benzene rings is 3. The van der Waals surface area contributed by atoms with Crippen LogP contribution in [0.4, 0.5) is 34.1 Å². The monoisotopic (exact) mass is 534 g/mol. The molecule has 0 unspecified atom stereocenters. The van der Waals surface area contributed by atoms with Gasteiger partial charge in [-0.05, 0) is 70.2 Å². The van der Waals surface area contributed by atoms with Gasteiger partial charge in [0.2, 0.25) is 0 Å². The maximum absolute atomic E-state index is 10.8. The Hall–Kier alpha value is -4.22. The van der Waals surface area contributed by atoms with E-state index in [0.29, 0.717) is 40.7 Å². The molecule has 0 aliphatic heterocycles. The smallest absolute Gasteiger partial charge is 0.269 e. The number of nitrogens with zero attached hydrogens (tertiary/aromatic N) is 6. The maximum Gasteiger partial charge on any atom is 0.269 e. The fraction of sp³-hybridized carbons (Fsp3) is 0.357. The molecule has 3 aromatic rings. The van der Waals surface area contributed by atoms with E-state index in [0.717, 1.165) is 18.8 Å². The van der Waals surface area contributed by atoms with Crippen molar-refractivity contribution in [2.24, 2.45) is 20.5 Å². The van der Waals surface area contributed by atoms with Crippen LogP contribution in [0.3, 0.4) is 0 Å². The van der Waals surface area contributed by atoms with Gasteiger partial charge in [0, 0.05) is 42.5 Å². The Morgan fingerprint density at radius 1 is 0.923 bits per heavy atom. The Kier molecular flexibility index (Phi) is 10.2. The second-order valence-electron chi connectivity index (χ2n) is 9.54. The molecule has 0 spiro atoms. The van der Waals surface area contributed by atoms with E-state index in [-0.39, 0.29) is 17.9 Å². The first kappa shape index (κ1) is 29.3. The number of hydrogen-bond donors (Lipinski definition) is 1. The fourth-order valence-corrected chi connectivity index (χ4v) is 3.59. The lowest BCUT2D eigenvalue weighted by atomic mass is 10.1. The molecule has 0 fully saturated rings. The van der Waals surface area contributed by atoms with E-state index < -0.39 is 4.92 Å². The van der Waals surface area contributed by atoms with Gasteiger partial charge in [0.05, 0.1) is 47.9 Å². The van der Waals surface area contributed by atoms with E-state index in [2.05, 4.69) is 32.3 Å². The molecule has 1 N–H and O–H groups in total. The molecule has 206 valence electrons. The molecule has 0 amide bonds. The van der Waals surface area contributed by atoms with Gasteiger partial charge in [-0.3, -0.25) is 10.1 Å². The largest absolute Gasteiger partial charge is 0.494 e. The number of methoxy groups -OCH3 is 1. The van der Waals surface area contributed by atoms with Crippen molar-refractivity contribution in [1.29, 1.82) is 0 Å². The molecule has 11 nitrogen and oxygen atoms in total. The Labute approximate surface area is 228 Å². The lowest BCUT2D eigenvalue weighted by molar-refractivity contribution is -0.384. The van der Waals surface area contributed by atoms with E-state index in [1.807, 2.05) is 45.0 Å². The average molecular weight is 535 g/mol. The molecule has 0 saturated heterocycles. The van der Waals surface area contributed by atoms with Gasteiger partial charge in [0.1, 0.15) is 11.4 Å². The molecule has 0 heterocycles. The molecule has 0 saturated carbocycles. The summed E-state index contributed by atoms with van der Waals surface area (Å²) in [4.78, 5) is 12.6. The number of aliphatic hydroxyl groups is 1. The number of rotatable bonds is 12. The van der Waals surface area contributed by atoms with Crippen LogP contribution in [0.5, 0.6) is 5.75 Å². The van der Waals surface area contributed by atoms with Gasteiger partial charge in [-0.2, -0.15) is 15.3 Å². The average Bonchev–Trinajstić information content (AvgIpc) is 2.93. The lowest BCUT2D eigenvalue weighted by Gasteiger charge is -2.26. The third-order valence-corrected chi connectivity index (χ3v) is 5.65. The lowest BCUT2D eigenvalue weighted by Crippen LogP contribution is -2.30. The Morgan fingerprint density at radius 3 is 2.03 bits per heavy atom. The second-order valence-corrected chi connectivity index (χ2v) is 9.54. The van der Waals surface area contributed by atoms with Gasteiger partial charge in [-0.1, -0.05) is 0 Å². The van der Waals surface area contributed by atoms with Crippen LogP contribution >= 0.6 is 0 Å². The molecule has 0 aliphatic carbocycles. The number of non-ortho nitro benzene ring substituents is 1. The third-order valence-electron chi connectivity index (χ3n) is 5.65. The van der Waals surface area contributed by atoms with Crippen molar-refractivity contribution in [1.82, 2.24) is 0 Å². The molecule has 0 atom stereocenters. The zero-order valence-electron chi connectivity index (χ0n) is 22.9. The minimum atomic E-state index is -0.484. The third kappa shape index (κ3) is 8.66. The zero-order valence-corrected chi connectivity index (χ0v) is 22.9. The standard InChI is InChI=1S/C28H34N6O5/c1-6-33(15-16-39-28(2,3)4)23-11-7-21(8-12-23)30-32-26-17-20(19-35)25(18-27(26)38-5)31-29-22-9-13-24(14-10-22)34(36)37/h7-14,17-18,35H,6,15-16,19H2,1-5H3. The predicted octanol–water partition coefficient (Wildman–Crippen LogP) is 7.57. The SMILES string of the molecule is CCN(CCOC(C)(C)C)c1ccc(N=Nc2cc(CO)c(N=Nc3ccc([N+](=O)[O-])cc3)cc2OC)cc1. The molecule has 0 radical (unpaired) electrons. The van der Waals surface area contributed by atoms with Crippen LogP contribution in [0.1, 0.15) is 33.3 Å². The predicted molar refractivity (Wildman–Crippen MR) is 150 cm³/mol. The number of nitro groups is 1. The summed E-state index contributed by atoms with van der Waals surface area (Å²) < 4.78 is 11.3. The molecule has 0 aliphatic rings. The molecule has 3 aromatic carbocycles. The number of ether oxygens (including phenoxy) is 2. The van der Waals surface area contributed by atoms with Gasteiger partial charge in [-0.25, -0.2) is 0 Å². The quantitative estimate of drug-likeness (QED) is 0.145. The fourth-order valence-electron chi connectivity index (χ4n) is 3.59. The van der Waals surface area contributed by atoms with Gasteiger partial charge in [0.15, 0.2) is 0 Å². The summed E-state index contributed by atoms with van der Waals surface area (Å²) in [5.74, 6) is 0.404. The topological polar surface area (TPSA) is 135 Å². The van der Waals surface area contributed by atoms with Crippen LogP contribution in [0.15, 0.2) is 81.1 Å². The first-order valence-electron chi connectivity index (χ1n) is 12.5. The van der Waals surface area contributed by atoms with Crippen LogP contribution in [-0.2, 0) is 11.3 Å². The van der Waals surface area contributed by atoms with Crippen molar-refractivity contribution in [3.8, 4) is 5.75 Å². The second kappa shape index (κ2) is 13.5. The number of azo groups is 2. The molecule has 0 aromatic heterocycles. The highest BCUT2D eigenvalue weighted by Gasteiger charge is 2.13. The summed E-state index contributed by atoms with van der Waals surface area (Å²) in [6, 6.07) is 16.7. The number of likely N-dealkylation sites (N-methyl/N-ethyl adjacent to an activating group) is 1. The number of nitro benzene ring substituents is 1. The highest BCUT2D eigenvalue weighted by atomic mass is 16.6. The van der Waals surface area contributed by atoms with Crippen molar-refractivity contribution < 1.29 is 19.5 Å². The van der Waals surface area contributed by atoms with Crippen LogP contribution in [0, 0.1) is 10.1 Å².